The zero-order chi connectivity index (χ0) is 9.68. The highest BCUT2D eigenvalue weighted by molar-refractivity contribution is 7.80. The van der Waals surface area contributed by atoms with Gasteiger partial charge in [-0.15, -0.1) is 0 Å². The molecule has 0 saturated heterocycles. The van der Waals surface area contributed by atoms with Gasteiger partial charge in [-0.3, -0.25) is 10.1 Å². The highest BCUT2D eigenvalue weighted by Crippen LogP contribution is 2.12. The van der Waals surface area contributed by atoms with E-state index in [-0.39, 0.29) is 5.69 Å². The number of hydrogen-bond acceptors (Lipinski definition) is 4. The minimum Gasteiger partial charge on any atom is -0.366 e. The number of nitrogens with zero attached hydrogens (tertiary/aromatic N) is 1. The van der Waals surface area contributed by atoms with E-state index >= 15 is 0 Å². The zero-order valence-electron chi connectivity index (χ0n) is 6.84. The van der Waals surface area contributed by atoms with Crippen molar-refractivity contribution < 1.29 is 9.66 Å². The van der Waals surface area contributed by atoms with Crippen LogP contribution in [0.3, 0.4) is 0 Å². The monoisotopic (exact) mass is 199 g/mol. The molecule has 0 atom stereocenters. The van der Waals surface area contributed by atoms with Crippen LogP contribution in [0.25, 0.3) is 0 Å². The van der Waals surface area contributed by atoms with E-state index in [1.165, 1.54) is 12.1 Å². The summed E-state index contributed by atoms with van der Waals surface area (Å²) in [5.41, 5.74) is 0.995. The fraction of sp³-hybridized carbons (Fsp3) is 0.250. The van der Waals surface area contributed by atoms with E-state index in [0.717, 1.165) is 5.56 Å². The van der Waals surface area contributed by atoms with Crippen molar-refractivity contribution in [2.45, 2.75) is 6.61 Å². The van der Waals surface area contributed by atoms with Crippen molar-refractivity contribution in [2.24, 2.45) is 0 Å². The van der Waals surface area contributed by atoms with Gasteiger partial charge in [0.2, 0.25) is 0 Å². The Kier molecular flexibility index (Phi) is 3.72. The normalized spacial score (nSPS) is 9.92. The van der Waals surface area contributed by atoms with Crippen LogP contribution in [0, 0.1) is 10.1 Å². The molecule has 1 aromatic rings. The lowest BCUT2D eigenvalue weighted by molar-refractivity contribution is -0.384. The molecule has 0 aromatic heterocycles. The number of benzene rings is 1. The number of rotatable bonds is 4. The summed E-state index contributed by atoms with van der Waals surface area (Å²) in [4.78, 5) is 9.86. The maximum Gasteiger partial charge on any atom is 0.269 e. The van der Waals surface area contributed by atoms with Crippen LogP contribution in [0.2, 0.25) is 0 Å². The van der Waals surface area contributed by atoms with E-state index in [4.69, 9.17) is 4.74 Å². The van der Waals surface area contributed by atoms with Gasteiger partial charge in [-0.1, -0.05) is 0 Å². The molecule has 0 aliphatic heterocycles. The molecule has 4 nitrogen and oxygen atoms in total. The average molecular weight is 199 g/mol. The first-order valence-electron chi connectivity index (χ1n) is 3.66. The highest BCUT2D eigenvalue weighted by Gasteiger charge is 2.02. The summed E-state index contributed by atoms with van der Waals surface area (Å²) >= 11 is 3.87. The van der Waals surface area contributed by atoms with Gasteiger partial charge >= 0.3 is 0 Å². The Morgan fingerprint density at radius 1 is 1.38 bits per heavy atom. The molecule has 0 aliphatic carbocycles. The molecule has 0 fully saturated rings. The number of non-ortho nitro benzene ring substituents is 1. The number of ether oxygens (including phenoxy) is 1. The minimum absolute atomic E-state index is 0.0922. The Morgan fingerprint density at radius 3 is 2.46 bits per heavy atom. The van der Waals surface area contributed by atoms with Crippen LogP contribution in [-0.2, 0) is 11.3 Å². The molecule has 1 aromatic carbocycles. The third-order valence-corrected chi connectivity index (χ3v) is 1.69. The zero-order valence-corrected chi connectivity index (χ0v) is 7.74. The summed E-state index contributed by atoms with van der Waals surface area (Å²) in [5, 5.41) is 10.3. The van der Waals surface area contributed by atoms with Gasteiger partial charge in [0.15, 0.2) is 0 Å². The van der Waals surface area contributed by atoms with Gasteiger partial charge in [-0.2, -0.15) is 12.6 Å². The molecular formula is C8H9NO3S. The van der Waals surface area contributed by atoms with Gasteiger partial charge in [0.05, 0.1) is 17.5 Å². The second kappa shape index (κ2) is 4.84. The smallest absolute Gasteiger partial charge is 0.269 e. The third-order valence-electron chi connectivity index (χ3n) is 1.51. The second-order valence-electron chi connectivity index (χ2n) is 2.40. The topological polar surface area (TPSA) is 52.4 Å². The molecule has 1 rings (SSSR count). The van der Waals surface area contributed by atoms with E-state index < -0.39 is 4.92 Å². The Balaban J connectivity index is 2.64. The molecule has 0 spiro atoms. The molecule has 0 bridgehead atoms. The van der Waals surface area contributed by atoms with E-state index in [0.29, 0.717) is 12.5 Å². The second-order valence-corrected chi connectivity index (χ2v) is 2.66. The SMILES string of the molecule is O=[N+]([O-])c1ccc(COCS)cc1. The molecule has 0 N–H and O–H groups in total. The summed E-state index contributed by atoms with van der Waals surface area (Å²) in [5.74, 6) is 0.344. The fourth-order valence-electron chi connectivity index (χ4n) is 0.877. The largest absolute Gasteiger partial charge is 0.366 e. The third kappa shape index (κ3) is 3.04. The van der Waals surface area contributed by atoms with Crippen molar-refractivity contribution >= 4 is 18.3 Å². The lowest BCUT2D eigenvalue weighted by atomic mass is 10.2. The number of hydrogen-bond donors (Lipinski definition) is 1. The molecule has 70 valence electrons. The Hall–Kier alpha value is -1.07. The first-order chi connectivity index (χ1) is 6.24. The van der Waals surface area contributed by atoms with Crippen molar-refractivity contribution in [3.05, 3.63) is 39.9 Å². The van der Waals surface area contributed by atoms with Crippen molar-refractivity contribution in [1.82, 2.24) is 0 Å². The number of nitro groups is 1. The quantitative estimate of drug-likeness (QED) is 0.349. The predicted octanol–water partition coefficient (Wildman–Crippen LogP) is 2.00. The summed E-state index contributed by atoms with van der Waals surface area (Å²) in [6.45, 7) is 0.432. The Labute approximate surface area is 81.1 Å². The maximum atomic E-state index is 10.3. The van der Waals surface area contributed by atoms with Crippen molar-refractivity contribution in [3.8, 4) is 0 Å². The number of nitro benzene ring substituents is 1. The number of thiol groups is 1. The van der Waals surface area contributed by atoms with Crippen LogP contribution < -0.4 is 0 Å². The molecule has 0 unspecified atom stereocenters. The fourth-order valence-corrected chi connectivity index (χ4v) is 0.969. The molecular weight excluding hydrogens is 190 g/mol. The summed E-state index contributed by atoms with van der Waals surface area (Å²) < 4.78 is 5.01. The van der Waals surface area contributed by atoms with Crippen LogP contribution in [0.4, 0.5) is 5.69 Å². The van der Waals surface area contributed by atoms with E-state index in [2.05, 4.69) is 12.6 Å². The van der Waals surface area contributed by atoms with Crippen LogP contribution in [0.15, 0.2) is 24.3 Å². The van der Waals surface area contributed by atoms with E-state index in [9.17, 15) is 10.1 Å². The van der Waals surface area contributed by atoms with Gasteiger partial charge in [0, 0.05) is 12.1 Å². The van der Waals surface area contributed by atoms with Gasteiger partial charge in [-0.05, 0) is 17.7 Å². The molecule has 0 heterocycles. The molecule has 5 heteroatoms. The maximum absolute atomic E-state index is 10.3. The van der Waals surface area contributed by atoms with Crippen molar-refractivity contribution in [3.63, 3.8) is 0 Å². The Bertz CT molecular complexity index is 286. The van der Waals surface area contributed by atoms with Gasteiger partial charge < -0.3 is 4.74 Å². The van der Waals surface area contributed by atoms with Crippen LogP contribution >= 0.6 is 12.6 Å². The van der Waals surface area contributed by atoms with Gasteiger partial charge in [0.25, 0.3) is 5.69 Å². The van der Waals surface area contributed by atoms with Gasteiger partial charge in [0.1, 0.15) is 0 Å². The average Bonchev–Trinajstić information content (AvgIpc) is 2.15. The summed E-state index contributed by atoms with van der Waals surface area (Å²) in [6, 6.07) is 6.25. The van der Waals surface area contributed by atoms with E-state index in [1.807, 2.05) is 0 Å². The molecule has 0 radical (unpaired) electrons. The van der Waals surface area contributed by atoms with Crippen LogP contribution in [0.1, 0.15) is 5.56 Å². The molecule has 0 aliphatic rings. The predicted molar refractivity (Wildman–Crippen MR) is 51.7 cm³/mol. The summed E-state index contributed by atoms with van der Waals surface area (Å²) in [7, 11) is 0. The molecule has 0 amide bonds. The van der Waals surface area contributed by atoms with Crippen molar-refractivity contribution in [2.75, 3.05) is 5.94 Å². The lowest BCUT2D eigenvalue weighted by Gasteiger charge is -1.99. The molecule has 0 saturated carbocycles. The first kappa shape index (κ1) is 10.0. The van der Waals surface area contributed by atoms with E-state index in [1.54, 1.807) is 12.1 Å². The van der Waals surface area contributed by atoms with Gasteiger partial charge in [-0.25, -0.2) is 0 Å². The first-order valence-corrected chi connectivity index (χ1v) is 4.29. The summed E-state index contributed by atoms with van der Waals surface area (Å²) in [6.07, 6.45) is 0. The molecule has 13 heavy (non-hydrogen) atoms. The highest BCUT2D eigenvalue weighted by atomic mass is 32.1. The minimum atomic E-state index is -0.427. The van der Waals surface area contributed by atoms with Crippen LogP contribution in [0.5, 0.6) is 0 Å². The van der Waals surface area contributed by atoms with Crippen LogP contribution in [-0.4, -0.2) is 10.9 Å². The van der Waals surface area contributed by atoms with Crippen molar-refractivity contribution in [1.29, 1.82) is 0 Å². The standard InChI is InChI=1S/C8H9NO3S/c10-9(11)8-3-1-7(2-4-8)5-12-6-13/h1-4,13H,5-6H2. The Morgan fingerprint density at radius 2 is 2.00 bits per heavy atom. The lowest BCUT2D eigenvalue weighted by Crippen LogP contribution is -1.91.